The summed E-state index contributed by atoms with van der Waals surface area (Å²) in [6.45, 7) is 5.05. The summed E-state index contributed by atoms with van der Waals surface area (Å²) in [6, 6.07) is 6.91. The summed E-state index contributed by atoms with van der Waals surface area (Å²) < 4.78 is 0. The van der Waals surface area contributed by atoms with Gasteiger partial charge in [0.05, 0.1) is 24.3 Å². The highest BCUT2D eigenvalue weighted by Crippen LogP contribution is 2.14. The van der Waals surface area contributed by atoms with Crippen molar-refractivity contribution in [1.82, 2.24) is 10.6 Å². The van der Waals surface area contributed by atoms with Gasteiger partial charge in [0.15, 0.2) is 0 Å². The fourth-order valence-corrected chi connectivity index (χ4v) is 1.62. The lowest BCUT2D eigenvalue weighted by Gasteiger charge is -2.12. The van der Waals surface area contributed by atoms with Gasteiger partial charge in [-0.2, -0.15) is 0 Å². The fraction of sp³-hybridized carbons (Fsp3) is 0.375. The summed E-state index contributed by atoms with van der Waals surface area (Å²) in [5.41, 5.74) is 0.940. The molecular formula is C16H21N3O2. The number of nitrogens with one attached hydrogen (secondary N) is 3. The number of rotatable bonds is 7. The quantitative estimate of drug-likeness (QED) is 0.522. The molecule has 0 aliphatic carbocycles. The molecule has 0 aliphatic rings. The molecule has 0 radical (unpaired) electrons. The van der Waals surface area contributed by atoms with Crippen LogP contribution in [0.5, 0.6) is 0 Å². The van der Waals surface area contributed by atoms with Crippen LogP contribution in [0.2, 0.25) is 0 Å². The number of amides is 2. The monoisotopic (exact) mass is 287 g/mol. The Kier molecular flexibility index (Phi) is 6.99. The van der Waals surface area contributed by atoms with E-state index in [4.69, 9.17) is 6.42 Å². The molecule has 2 amide bonds. The van der Waals surface area contributed by atoms with Crippen LogP contribution < -0.4 is 16.0 Å². The van der Waals surface area contributed by atoms with Gasteiger partial charge in [-0.1, -0.05) is 31.9 Å². The number of terminal acetylenes is 1. The van der Waals surface area contributed by atoms with Crippen molar-refractivity contribution in [3.8, 4) is 12.3 Å². The van der Waals surface area contributed by atoms with Crippen LogP contribution in [0.25, 0.3) is 0 Å². The van der Waals surface area contributed by atoms with E-state index in [9.17, 15) is 9.59 Å². The SMILES string of the molecule is C#CCNCC(=O)Nc1ccccc1C(=O)NCC(C)C. The lowest BCUT2D eigenvalue weighted by Crippen LogP contribution is -2.31. The van der Waals surface area contributed by atoms with Crippen molar-refractivity contribution >= 4 is 17.5 Å². The summed E-state index contributed by atoms with van der Waals surface area (Å²) in [5.74, 6) is 2.31. The first kappa shape index (κ1) is 16.7. The number of carbonyl (C=O) groups is 2. The van der Waals surface area contributed by atoms with E-state index in [1.807, 2.05) is 13.8 Å². The topological polar surface area (TPSA) is 70.2 Å². The average Bonchev–Trinajstić information content (AvgIpc) is 2.45. The van der Waals surface area contributed by atoms with Crippen LogP contribution in [-0.2, 0) is 4.79 Å². The predicted octanol–water partition coefficient (Wildman–Crippen LogP) is 1.23. The maximum Gasteiger partial charge on any atom is 0.253 e. The molecule has 3 N–H and O–H groups in total. The first-order chi connectivity index (χ1) is 10.0. The normalized spacial score (nSPS) is 10.0. The largest absolute Gasteiger partial charge is 0.352 e. The van der Waals surface area contributed by atoms with E-state index in [-0.39, 0.29) is 18.4 Å². The molecule has 0 aromatic heterocycles. The van der Waals surface area contributed by atoms with E-state index in [2.05, 4.69) is 21.9 Å². The highest BCUT2D eigenvalue weighted by atomic mass is 16.2. The van der Waals surface area contributed by atoms with E-state index in [0.29, 0.717) is 30.3 Å². The van der Waals surface area contributed by atoms with Crippen LogP contribution in [0.4, 0.5) is 5.69 Å². The van der Waals surface area contributed by atoms with Gasteiger partial charge >= 0.3 is 0 Å². The van der Waals surface area contributed by atoms with Gasteiger partial charge in [0.25, 0.3) is 5.91 Å². The zero-order chi connectivity index (χ0) is 15.7. The Morgan fingerprint density at radius 1 is 1.29 bits per heavy atom. The van der Waals surface area contributed by atoms with Gasteiger partial charge in [0, 0.05) is 6.54 Å². The molecule has 21 heavy (non-hydrogen) atoms. The zero-order valence-electron chi connectivity index (χ0n) is 12.4. The molecule has 112 valence electrons. The number of carbonyl (C=O) groups excluding carboxylic acids is 2. The maximum absolute atomic E-state index is 12.1. The van der Waals surface area contributed by atoms with Crippen LogP contribution in [0.15, 0.2) is 24.3 Å². The molecule has 0 spiro atoms. The summed E-state index contributed by atoms with van der Waals surface area (Å²) in [4.78, 5) is 23.9. The number of anilines is 1. The number of hydrogen-bond acceptors (Lipinski definition) is 3. The van der Waals surface area contributed by atoms with Gasteiger partial charge in [0.2, 0.25) is 5.91 Å². The fourth-order valence-electron chi connectivity index (χ4n) is 1.62. The van der Waals surface area contributed by atoms with E-state index >= 15 is 0 Å². The molecule has 0 fully saturated rings. The third-order valence-corrected chi connectivity index (χ3v) is 2.63. The van der Waals surface area contributed by atoms with E-state index in [0.717, 1.165) is 0 Å². The van der Waals surface area contributed by atoms with Crippen molar-refractivity contribution in [2.45, 2.75) is 13.8 Å². The maximum atomic E-state index is 12.1. The molecule has 0 saturated carbocycles. The summed E-state index contributed by atoms with van der Waals surface area (Å²) in [5, 5.41) is 8.33. The summed E-state index contributed by atoms with van der Waals surface area (Å²) >= 11 is 0. The van der Waals surface area contributed by atoms with E-state index < -0.39 is 0 Å². The smallest absolute Gasteiger partial charge is 0.253 e. The molecule has 0 atom stereocenters. The van der Waals surface area contributed by atoms with Crippen molar-refractivity contribution in [2.24, 2.45) is 5.92 Å². The van der Waals surface area contributed by atoms with Gasteiger partial charge in [-0.15, -0.1) is 6.42 Å². The average molecular weight is 287 g/mol. The molecule has 0 saturated heterocycles. The lowest BCUT2D eigenvalue weighted by atomic mass is 10.1. The second kappa shape index (κ2) is 8.77. The third-order valence-electron chi connectivity index (χ3n) is 2.63. The van der Waals surface area contributed by atoms with Gasteiger partial charge in [-0.25, -0.2) is 0 Å². The Bertz CT molecular complexity index is 533. The number of benzene rings is 1. The number of hydrogen-bond donors (Lipinski definition) is 3. The Morgan fingerprint density at radius 3 is 2.67 bits per heavy atom. The highest BCUT2D eigenvalue weighted by molar-refractivity contribution is 6.04. The molecule has 1 aromatic rings. The zero-order valence-corrected chi connectivity index (χ0v) is 12.4. The van der Waals surface area contributed by atoms with Gasteiger partial charge in [-0.05, 0) is 18.1 Å². The minimum Gasteiger partial charge on any atom is -0.352 e. The molecular weight excluding hydrogens is 266 g/mol. The highest BCUT2D eigenvalue weighted by Gasteiger charge is 2.12. The van der Waals surface area contributed by atoms with E-state index in [1.165, 1.54) is 0 Å². The molecule has 0 heterocycles. The van der Waals surface area contributed by atoms with Gasteiger partial charge < -0.3 is 10.6 Å². The molecule has 0 aliphatic heterocycles. The second-order valence-electron chi connectivity index (χ2n) is 5.01. The van der Waals surface area contributed by atoms with Crippen molar-refractivity contribution < 1.29 is 9.59 Å². The summed E-state index contributed by atoms with van der Waals surface area (Å²) in [7, 11) is 0. The van der Waals surface area contributed by atoms with Crippen LogP contribution >= 0.6 is 0 Å². The van der Waals surface area contributed by atoms with E-state index in [1.54, 1.807) is 24.3 Å². The van der Waals surface area contributed by atoms with Crippen molar-refractivity contribution in [1.29, 1.82) is 0 Å². The predicted molar refractivity (Wildman–Crippen MR) is 83.9 cm³/mol. The van der Waals surface area contributed by atoms with Crippen LogP contribution in [-0.4, -0.2) is 31.4 Å². The van der Waals surface area contributed by atoms with Crippen molar-refractivity contribution in [2.75, 3.05) is 25.0 Å². The van der Waals surface area contributed by atoms with Crippen LogP contribution in [0.3, 0.4) is 0 Å². The van der Waals surface area contributed by atoms with Crippen LogP contribution in [0.1, 0.15) is 24.2 Å². The molecule has 1 rings (SSSR count). The molecule has 5 heteroatoms. The lowest BCUT2D eigenvalue weighted by molar-refractivity contribution is -0.115. The minimum atomic E-state index is -0.241. The van der Waals surface area contributed by atoms with Crippen molar-refractivity contribution in [3.05, 3.63) is 29.8 Å². The first-order valence-electron chi connectivity index (χ1n) is 6.85. The Hall–Kier alpha value is -2.32. The Labute approximate surface area is 125 Å². The molecule has 0 bridgehead atoms. The summed E-state index contributed by atoms with van der Waals surface area (Å²) in [6.07, 6.45) is 5.09. The van der Waals surface area contributed by atoms with Crippen molar-refractivity contribution in [3.63, 3.8) is 0 Å². The van der Waals surface area contributed by atoms with Crippen LogP contribution in [0, 0.1) is 18.3 Å². The Balaban J connectivity index is 2.68. The van der Waals surface area contributed by atoms with Gasteiger partial charge in [0.1, 0.15) is 0 Å². The molecule has 0 unspecified atom stereocenters. The minimum absolute atomic E-state index is 0.103. The Morgan fingerprint density at radius 2 is 2.00 bits per heavy atom. The third kappa shape index (κ3) is 6.11. The molecule has 5 nitrogen and oxygen atoms in total. The second-order valence-corrected chi connectivity index (χ2v) is 5.01. The van der Waals surface area contributed by atoms with Gasteiger partial charge in [-0.3, -0.25) is 14.9 Å². The standard InChI is InChI=1S/C16H21N3O2/c1-4-9-17-11-15(20)19-14-8-6-5-7-13(14)16(21)18-10-12(2)3/h1,5-8,12,17H,9-11H2,2-3H3,(H,18,21)(H,19,20). The number of para-hydroxylation sites is 1. The molecule has 1 aromatic carbocycles. The first-order valence-corrected chi connectivity index (χ1v) is 6.85.